The molecule has 0 aliphatic rings. The lowest BCUT2D eigenvalue weighted by atomic mass is 9.87. The maximum atomic E-state index is 11.1. The first kappa shape index (κ1) is 15.8. The molecule has 4 nitrogen and oxygen atoms in total. The van der Waals surface area contributed by atoms with E-state index >= 15 is 0 Å². The van der Waals surface area contributed by atoms with Gasteiger partial charge in [-0.25, -0.2) is 0 Å². The summed E-state index contributed by atoms with van der Waals surface area (Å²) in [6, 6.07) is 0. The van der Waals surface area contributed by atoms with E-state index in [-0.39, 0.29) is 19.3 Å². The molecule has 0 bridgehead atoms. The van der Waals surface area contributed by atoms with Crippen molar-refractivity contribution in [3.05, 3.63) is 0 Å². The Kier molecular flexibility index (Phi) is 6.48. The lowest BCUT2D eigenvalue weighted by molar-refractivity contribution is -0.139. The SMILES string of the molecule is O=C(Cl)CCCC(C(=O)Cl)(C(=O)Cl)C(=O)Cl. The van der Waals surface area contributed by atoms with Gasteiger partial charge in [0.05, 0.1) is 0 Å². The maximum Gasteiger partial charge on any atom is 0.245 e. The Morgan fingerprint density at radius 1 is 0.812 bits per heavy atom. The van der Waals surface area contributed by atoms with Crippen LogP contribution in [-0.4, -0.2) is 21.0 Å². The number of halogens is 4. The first-order valence-electron chi connectivity index (χ1n) is 4.03. The van der Waals surface area contributed by atoms with Crippen molar-refractivity contribution in [2.24, 2.45) is 5.41 Å². The van der Waals surface area contributed by atoms with Gasteiger partial charge < -0.3 is 0 Å². The zero-order chi connectivity index (χ0) is 12.9. The fraction of sp³-hybridized carbons (Fsp3) is 0.500. The number of carbonyl (C=O) groups is 4. The highest BCUT2D eigenvalue weighted by atomic mass is 35.5. The quantitative estimate of drug-likeness (QED) is 0.534. The molecule has 0 amide bonds. The van der Waals surface area contributed by atoms with E-state index in [1.807, 2.05) is 0 Å². The molecule has 90 valence electrons. The molecule has 0 aliphatic heterocycles. The van der Waals surface area contributed by atoms with E-state index in [9.17, 15) is 19.2 Å². The molecule has 0 atom stereocenters. The van der Waals surface area contributed by atoms with Crippen molar-refractivity contribution in [2.75, 3.05) is 0 Å². The lowest BCUT2D eigenvalue weighted by Gasteiger charge is -2.20. The lowest BCUT2D eigenvalue weighted by Crippen LogP contribution is -2.40. The summed E-state index contributed by atoms with van der Waals surface area (Å²) in [6.45, 7) is 0. The average Bonchev–Trinajstić information content (AvgIpc) is 2.09. The second-order valence-corrected chi connectivity index (χ2v) is 4.39. The van der Waals surface area contributed by atoms with Crippen molar-refractivity contribution >= 4 is 67.4 Å². The summed E-state index contributed by atoms with van der Waals surface area (Å²) in [4.78, 5) is 43.6. The van der Waals surface area contributed by atoms with Gasteiger partial charge in [0, 0.05) is 6.42 Å². The molecule has 0 heterocycles. The zero-order valence-corrected chi connectivity index (χ0v) is 10.8. The van der Waals surface area contributed by atoms with Gasteiger partial charge in [0.25, 0.3) is 0 Å². The predicted molar refractivity (Wildman–Crippen MR) is 59.7 cm³/mol. The topological polar surface area (TPSA) is 68.3 Å². The summed E-state index contributed by atoms with van der Waals surface area (Å²) in [6.07, 6.45) is -0.474. The third kappa shape index (κ3) is 3.70. The molecule has 8 heteroatoms. The van der Waals surface area contributed by atoms with Crippen LogP contribution in [0.2, 0.25) is 0 Å². The fourth-order valence-electron chi connectivity index (χ4n) is 1.02. The van der Waals surface area contributed by atoms with Crippen LogP contribution >= 0.6 is 46.4 Å². The van der Waals surface area contributed by atoms with Crippen LogP contribution in [0.1, 0.15) is 19.3 Å². The van der Waals surface area contributed by atoms with Crippen molar-refractivity contribution < 1.29 is 19.2 Å². The van der Waals surface area contributed by atoms with Crippen LogP contribution in [0.3, 0.4) is 0 Å². The Bertz CT molecular complexity index is 303. The highest BCUT2D eigenvalue weighted by molar-refractivity contribution is 6.83. The van der Waals surface area contributed by atoms with E-state index in [0.717, 1.165) is 0 Å². The van der Waals surface area contributed by atoms with Crippen LogP contribution in [-0.2, 0) is 19.2 Å². The second-order valence-electron chi connectivity index (χ2n) is 2.94. The van der Waals surface area contributed by atoms with Crippen molar-refractivity contribution in [3.8, 4) is 0 Å². The molecule has 0 aromatic rings. The molecule has 0 spiro atoms. The molecule has 0 aromatic carbocycles. The summed E-state index contributed by atoms with van der Waals surface area (Å²) in [5.41, 5.74) is -2.29. The Morgan fingerprint density at radius 2 is 1.19 bits per heavy atom. The Balaban J connectivity index is 4.92. The van der Waals surface area contributed by atoms with E-state index in [1.165, 1.54) is 0 Å². The maximum absolute atomic E-state index is 11.1. The minimum atomic E-state index is -2.29. The molecule has 0 saturated carbocycles. The van der Waals surface area contributed by atoms with Crippen molar-refractivity contribution in [2.45, 2.75) is 19.3 Å². The molecular weight excluding hydrogens is 302 g/mol. The highest BCUT2D eigenvalue weighted by Gasteiger charge is 2.49. The van der Waals surface area contributed by atoms with Gasteiger partial charge in [-0.05, 0) is 59.2 Å². The number of carbonyl (C=O) groups excluding carboxylic acids is 4. The molecule has 0 fully saturated rings. The molecule has 0 N–H and O–H groups in total. The van der Waals surface area contributed by atoms with Crippen LogP contribution in [0.15, 0.2) is 0 Å². The van der Waals surface area contributed by atoms with Gasteiger partial charge >= 0.3 is 0 Å². The number of hydrogen-bond donors (Lipinski definition) is 0. The monoisotopic (exact) mass is 306 g/mol. The largest absolute Gasteiger partial charge is 0.281 e. The molecule has 0 rings (SSSR count). The van der Waals surface area contributed by atoms with Crippen molar-refractivity contribution in [3.63, 3.8) is 0 Å². The molecule has 16 heavy (non-hydrogen) atoms. The zero-order valence-electron chi connectivity index (χ0n) is 7.77. The average molecular weight is 308 g/mol. The molecule has 0 unspecified atom stereocenters. The Labute approximate surface area is 111 Å². The molecule has 0 saturated heterocycles. The summed E-state index contributed by atoms with van der Waals surface area (Å²) >= 11 is 20.5. The van der Waals surface area contributed by atoms with Gasteiger partial charge in [-0.15, -0.1) is 0 Å². The highest BCUT2D eigenvalue weighted by Crippen LogP contribution is 2.33. The summed E-state index contributed by atoms with van der Waals surface area (Å²) in [5, 5.41) is -4.47. The third-order valence-corrected chi connectivity index (χ3v) is 3.09. The van der Waals surface area contributed by atoms with E-state index in [2.05, 4.69) is 0 Å². The van der Waals surface area contributed by atoms with Gasteiger partial charge in [-0.2, -0.15) is 0 Å². The van der Waals surface area contributed by atoms with Crippen LogP contribution in [0, 0.1) is 5.41 Å². The van der Waals surface area contributed by atoms with Crippen LogP contribution < -0.4 is 0 Å². The molecule has 0 aliphatic carbocycles. The van der Waals surface area contributed by atoms with Gasteiger partial charge in [-0.1, -0.05) is 0 Å². The van der Waals surface area contributed by atoms with Gasteiger partial charge in [0.1, 0.15) is 0 Å². The molecule has 0 aromatic heterocycles. The number of hydrogen-bond acceptors (Lipinski definition) is 4. The van der Waals surface area contributed by atoms with Crippen molar-refractivity contribution in [1.29, 1.82) is 0 Å². The van der Waals surface area contributed by atoms with Crippen LogP contribution in [0.4, 0.5) is 0 Å². The van der Waals surface area contributed by atoms with Gasteiger partial charge in [-0.3, -0.25) is 19.2 Å². The van der Waals surface area contributed by atoms with E-state index < -0.39 is 26.4 Å². The summed E-state index contributed by atoms with van der Waals surface area (Å²) in [7, 11) is 0. The van der Waals surface area contributed by atoms with Crippen LogP contribution in [0.25, 0.3) is 0 Å². The van der Waals surface area contributed by atoms with E-state index in [0.29, 0.717) is 0 Å². The van der Waals surface area contributed by atoms with Gasteiger partial charge in [0.2, 0.25) is 21.0 Å². The standard InChI is InChI=1S/C8H6Cl4O4/c9-4(13)2-1-3-8(5(10)14,6(11)15)7(12)16/h1-3H2. The summed E-state index contributed by atoms with van der Waals surface area (Å²) < 4.78 is 0. The third-order valence-electron chi connectivity index (χ3n) is 1.93. The Hall–Kier alpha value is -0.160. The minimum Gasteiger partial charge on any atom is -0.281 e. The van der Waals surface area contributed by atoms with Gasteiger partial charge in [0.15, 0.2) is 5.41 Å². The first-order chi connectivity index (χ1) is 7.25. The van der Waals surface area contributed by atoms with Crippen LogP contribution in [0.5, 0.6) is 0 Å². The molecular formula is C8H6Cl4O4. The minimum absolute atomic E-state index is 0.00227. The second kappa shape index (κ2) is 6.55. The molecule has 0 radical (unpaired) electrons. The smallest absolute Gasteiger partial charge is 0.245 e. The Morgan fingerprint density at radius 3 is 1.44 bits per heavy atom. The normalized spacial score (nSPS) is 11.0. The van der Waals surface area contributed by atoms with E-state index in [4.69, 9.17) is 46.4 Å². The van der Waals surface area contributed by atoms with E-state index in [1.54, 1.807) is 0 Å². The summed E-state index contributed by atoms with van der Waals surface area (Å²) in [5.74, 6) is 0. The van der Waals surface area contributed by atoms with Crippen molar-refractivity contribution in [1.82, 2.24) is 0 Å². The first-order valence-corrected chi connectivity index (χ1v) is 5.54. The fourth-order valence-corrected chi connectivity index (χ4v) is 2.10. The predicted octanol–water partition coefficient (Wildman–Crippen LogP) is 2.20. The number of rotatable bonds is 7.